The van der Waals surface area contributed by atoms with Crippen LogP contribution in [0.1, 0.15) is 23.6 Å². The van der Waals surface area contributed by atoms with Crippen LogP contribution in [0.2, 0.25) is 0 Å². The smallest absolute Gasteiger partial charge is 0.181 e. The molecule has 0 atom stereocenters. The number of phenolic OH excluding ortho intramolecular Hbond substituents is 1. The van der Waals surface area contributed by atoms with Crippen molar-refractivity contribution in [3.63, 3.8) is 0 Å². The summed E-state index contributed by atoms with van der Waals surface area (Å²) in [4.78, 5) is 8.58. The first-order chi connectivity index (χ1) is 10.7. The highest BCUT2D eigenvalue weighted by molar-refractivity contribution is 7.22. The van der Waals surface area contributed by atoms with Gasteiger partial charge in [0.15, 0.2) is 16.6 Å². The third-order valence-corrected chi connectivity index (χ3v) is 4.58. The number of pyridine rings is 1. The maximum atomic E-state index is 10.6. The number of benzene rings is 1. The Morgan fingerprint density at radius 3 is 2.74 bits per heavy atom. The minimum atomic E-state index is 0. The number of rotatable bonds is 4. The van der Waals surface area contributed by atoms with Gasteiger partial charge >= 0.3 is 0 Å². The van der Waals surface area contributed by atoms with Crippen molar-refractivity contribution in [3.8, 4) is 11.5 Å². The molecule has 2 aromatic heterocycles. The van der Waals surface area contributed by atoms with Crippen molar-refractivity contribution in [2.45, 2.75) is 19.8 Å². The first-order valence-corrected chi connectivity index (χ1v) is 7.82. The van der Waals surface area contributed by atoms with E-state index in [4.69, 9.17) is 10.5 Å². The number of methoxy groups -OCH3 is 1. The van der Waals surface area contributed by atoms with Gasteiger partial charge in [0.25, 0.3) is 0 Å². The number of fused-ring (bicyclic) bond motifs is 1. The van der Waals surface area contributed by atoms with E-state index in [1.54, 1.807) is 19.5 Å². The molecule has 122 valence electrons. The van der Waals surface area contributed by atoms with E-state index in [-0.39, 0.29) is 18.2 Å². The Morgan fingerprint density at radius 1 is 1.35 bits per heavy atom. The van der Waals surface area contributed by atoms with Crippen LogP contribution in [-0.2, 0) is 12.8 Å². The lowest BCUT2D eigenvalue weighted by molar-refractivity contribution is 0.368. The monoisotopic (exact) mass is 351 g/mol. The SMILES string of the molecule is CCc1c(O)c(OC)c(Cc2cccnc2)c2nc(N)sc12.Cl. The summed E-state index contributed by atoms with van der Waals surface area (Å²) >= 11 is 1.40. The maximum absolute atomic E-state index is 10.6. The summed E-state index contributed by atoms with van der Waals surface area (Å²) in [5.41, 5.74) is 9.39. The van der Waals surface area contributed by atoms with E-state index in [1.807, 2.05) is 19.1 Å². The first-order valence-electron chi connectivity index (χ1n) is 7.01. The number of anilines is 1. The van der Waals surface area contributed by atoms with Crippen molar-refractivity contribution in [3.05, 3.63) is 41.2 Å². The number of aromatic nitrogens is 2. The Hall–Kier alpha value is -2.05. The highest BCUT2D eigenvalue weighted by Gasteiger charge is 2.22. The molecule has 0 bridgehead atoms. The van der Waals surface area contributed by atoms with Gasteiger partial charge in [-0.05, 0) is 18.1 Å². The number of nitrogens with zero attached hydrogens (tertiary/aromatic N) is 2. The average molecular weight is 352 g/mol. The van der Waals surface area contributed by atoms with Gasteiger partial charge in [0.1, 0.15) is 0 Å². The first kappa shape index (κ1) is 17.3. The van der Waals surface area contributed by atoms with Crippen LogP contribution in [-0.4, -0.2) is 22.2 Å². The molecule has 3 rings (SSSR count). The highest BCUT2D eigenvalue weighted by Crippen LogP contribution is 2.44. The molecule has 0 spiro atoms. The Balaban J connectivity index is 0.00000192. The molecule has 0 aliphatic heterocycles. The highest BCUT2D eigenvalue weighted by atomic mass is 35.5. The molecular formula is C16H18ClN3O2S. The Bertz CT molecular complexity index is 821. The number of aryl methyl sites for hydroxylation is 1. The van der Waals surface area contributed by atoms with Crippen molar-refractivity contribution < 1.29 is 9.84 Å². The Kier molecular flexibility index (Phi) is 5.28. The largest absolute Gasteiger partial charge is 0.504 e. The van der Waals surface area contributed by atoms with Gasteiger partial charge < -0.3 is 15.6 Å². The number of hydrogen-bond donors (Lipinski definition) is 2. The second-order valence-corrected chi connectivity index (χ2v) is 5.99. The zero-order chi connectivity index (χ0) is 15.7. The minimum absolute atomic E-state index is 0. The molecule has 23 heavy (non-hydrogen) atoms. The van der Waals surface area contributed by atoms with Crippen LogP contribution in [0.3, 0.4) is 0 Å². The number of aromatic hydroxyl groups is 1. The lowest BCUT2D eigenvalue weighted by Crippen LogP contribution is -1.99. The van der Waals surface area contributed by atoms with Crippen molar-refractivity contribution in [1.29, 1.82) is 0 Å². The Labute approximate surface area is 144 Å². The molecule has 3 aromatic rings. The van der Waals surface area contributed by atoms with E-state index in [0.717, 1.165) is 26.9 Å². The Morgan fingerprint density at radius 2 is 2.13 bits per heavy atom. The van der Waals surface area contributed by atoms with Crippen molar-refractivity contribution in [2.75, 3.05) is 12.8 Å². The molecule has 0 saturated carbocycles. The summed E-state index contributed by atoms with van der Waals surface area (Å²) in [5, 5.41) is 11.0. The fraction of sp³-hybridized carbons (Fsp3) is 0.250. The predicted octanol–water partition coefficient (Wildman–Crippen LogP) is 3.56. The van der Waals surface area contributed by atoms with Crippen LogP contribution >= 0.6 is 23.7 Å². The quantitative estimate of drug-likeness (QED) is 0.751. The van der Waals surface area contributed by atoms with Gasteiger partial charge in [0.2, 0.25) is 0 Å². The predicted molar refractivity (Wildman–Crippen MR) is 95.9 cm³/mol. The minimum Gasteiger partial charge on any atom is -0.504 e. The van der Waals surface area contributed by atoms with Crippen molar-refractivity contribution in [1.82, 2.24) is 9.97 Å². The van der Waals surface area contributed by atoms with Gasteiger partial charge in [-0.2, -0.15) is 0 Å². The average Bonchev–Trinajstić information content (AvgIpc) is 2.90. The number of thiazole rings is 1. The summed E-state index contributed by atoms with van der Waals surface area (Å²) in [6.45, 7) is 1.99. The van der Waals surface area contributed by atoms with Gasteiger partial charge in [-0.15, -0.1) is 12.4 Å². The van der Waals surface area contributed by atoms with Gasteiger partial charge in [0.05, 0.1) is 17.3 Å². The van der Waals surface area contributed by atoms with Crippen molar-refractivity contribution in [2.24, 2.45) is 0 Å². The molecular weight excluding hydrogens is 334 g/mol. The summed E-state index contributed by atoms with van der Waals surface area (Å²) in [7, 11) is 1.56. The molecule has 3 N–H and O–H groups in total. The van der Waals surface area contributed by atoms with Crippen LogP contribution in [0.4, 0.5) is 5.13 Å². The lowest BCUT2D eigenvalue weighted by Gasteiger charge is -2.14. The molecule has 0 aliphatic rings. The number of ether oxygens (including phenoxy) is 1. The van der Waals surface area contributed by atoms with E-state index in [0.29, 0.717) is 23.7 Å². The van der Waals surface area contributed by atoms with Crippen LogP contribution in [0.15, 0.2) is 24.5 Å². The standard InChI is InChI=1S/C16H17N3O2S.ClH/c1-3-10-13(20)14(21-2)11(7-9-5-4-6-18-8-9)12-15(10)22-16(17)19-12;/h4-6,8,20H,3,7H2,1-2H3,(H2,17,19);1H. The molecule has 7 heteroatoms. The molecule has 1 aromatic carbocycles. The number of halogens is 1. The molecule has 0 aliphatic carbocycles. The molecule has 0 radical (unpaired) electrons. The number of hydrogen-bond acceptors (Lipinski definition) is 6. The van der Waals surface area contributed by atoms with Crippen LogP contribution < -0.4 is 10.5 Å². The molecule has 2 heterocycles. The van der Waals surface area contributed by atoms with Gasteiger partial charge in [-0.3, -0.25) is 4.98 Å². The van der Waals surface area contributed by atoms with E-state index in [1.165, 1.54) is 11.3 Å². The zero-order valence-corrected chi connectivity index (χ0v) is 14.5. The second-order valence-electron chi connectivity index (χ2n) is 4.96. The van der Waals surface area contributed by atoms with Gasteiger partial charge in [0, 0.05) is 29.9 Å². The van der Waals surface area contributed by atoms with E-state index >= 15 is 0 Å². The number of nitrogen functional groups attached to an aromatic ring is 1. The molecule has 0 fully saturated rings. The molecule has 0 saturated heterocycles. The summed E-state index contributed by atoms with van der Waals surface area (Å²) in [5.74, 6) is 0.651. The third-order valence-electron chi connectivity index (χ3n) is 3.64. The van der Waals surface area contributed by atoms with E-state index in [9.17, 15) is 5.11 Å². The normalized spacial score (nSPS) is 10.5. The molecule has 0 amide bonds. The zero-order valence-electron chi connectivity index (χ0n) is 12.9. The fourth-order valence-corrected chi connectivity index (χ4v) is 3.64. The van der Waals surface area contributed by atoms with Crippen molar-refractivity contribution >= 4 is 39.1 Å². The van der Waals surface area contributed by atoms with E-state index < -0.39 is 0 Å². The van der Waals surface area contributed by atoms with E-state index in [2.05, 4.69) is 9.97 Å². The second kappa shape index (κ2) is 7.02. The fourth-order valence-electron chi connectivity index (χ4n) is 2.66. The maximum Gasteiger partial charge on any atom is 0.181 e. The van der Waals surface area contributed by atoms with Crippen LogP contribution in [0.5, 0.6) is 11.5 Å². The van der Waals surface area contributed by atoms with Gasteiger partial charge in [-0.25, -0.2) is 4.98 Å². The number of nitrogens with two attached hydrogens (primary N) is 1. The van der Waals surface area contributed by atoms with Crippen LogP contribution in [0.25, 0.3) is 10.2 Å². The number of phenols is 1. The van der Waals surface area contributed by atoms with Crippen LogP contribution in [0, 0.1) is 0 Å². The lowest BCUT2D eigenvalue weighted by atomic mass is 9.99. The molecule has 0 unspecified atom stereocenters. The third kappa shape index (κ3) is 3.04. The van der Waals surface area contributed by atoms with Gasteiger partial charge in [-0.1, -0.05) is 24.3 Å². The topological polar surface area (TPSA) is 81.3 Å². The summed E-state index contributed by atoms with van der Waals surface area (Å²) in [6.07, 6.45) is 4.79. The molecule has 5 nitrogen and oxygen atoms in total. The summed E-state index contributed by atoms with van der Waals surface area (Å²) in [6, 6.07) is 3.87. The summed E-state index contributed by atoms with van der Waals surface area (Å²) < 4.78 is 6.39.